The molecule has 0 saturated carbocycles. The Morgan fingerprint density at radius 1 is 1.17 bits per heavy atom. The molecule has 1 heterocycles. The monoisotopic (exact) mass is 450 g/mol. The van der Waals surface area contributed by atoms with Crippen LogP contribution < -0.4 is 15.8 Å². The Labute approximate surface area is 189 Å². The molecule has 0 spiro atoms. The molecule has 1 amide bonds. The number of nitrogens with one attached hydrogen (secondary N) is 1. The number of nitrogens with zero attached hydrogens (tertiary/aromatic N) is 2. The summed E-state index contributed by atoms with van der Waals surface area (Å²) < 4.78 is 7.58. The number of hydrogen-bond acceptors (Lipinski definition) is 4. The van der Waals surface area contributed by atoms with Gasteiger partial charge in [-0.15, -0.1) is 24.8 Å². The van der Waals surface area contributed by atoms with E-state index in [1.807, 2.05) is 54.1 Å². The van der Waals surface area contributed by atoms with Crippen molar-refractivity contribution in [2.45, 2.75) is 32.4 Å². The van der Waals surface area contributed by atoms with E-state index in [4.69, 9.17) is 10.5 Å². The highest BCUT2D eigenvalue weighted by atomic mass is 35.5. The molecule has 2 aromatic carbocycles. The molecule has 1 atom stereocenters. The third kappa shape index (κ3) is 7.71. The predicted octanol–water partition coefficient (Wildman–Crippen LogP) is 4.07. The average molecular weight is 451 g/mol. The third-order valence-electron chi connectivity index (χ3n) is 4.23. The van der Waals surface area contributed by atoms with Gasteiger partial charge in [0, 0.05) is 30.9 Å². The van der Waals surface area contributed by atoms with E-state index in [9.17, 15) is 4.79 Å². The number of amides is 1. The largest absolute Gasteiger partial charge is 0.494 e. The van der Waals surface area contributed by atoms with Gasteiger partial charge in [-0.05, 0) is 24.1 Å². The minimum atomic E-state index is -0.680. The van der Waals surface area contributed by atoms with E-state index in [2.05, 4.69) is 22.4 Å². The molecule has 6 nitrogen and oxygen atoms in total. The molecule has 30 heavy (non-hydrogen) atoms. The molecule has 1 aromatic heterocycles. The van der Waals surface area contributed by atoms with Crippen LogP contribution in [0.1, 0.15) is 24.6 Å². The van der Waals surface area contributed by atoms with Crippen molar-refractivity contribution in [2.24, 2.45) is 5.73 Å². The zero-order valence-electron chi connectivity index (χ0n) is 16.9. The molecule has 3 rings (SSSR count). The van der Waals surface area contributed by atoms with Crippen LogP contribution in [0, 0.1) is 0 Å². The lowest BCUT2D eigenvalue weighted by atomic mass is 10.1. The van der Waals surface area contributed by atoms with E-state index in [-0.39, 0.29) is 30.7 Å². The second-order valence-electron chi connectivity index (χ2n) is 6.70. The van der Waals surface area contributed by atoms with Crippen LogP contribution >= 0.6 is 24.8 Å². The Morgan fingerprint density at radius 2 is 1.93 bits per heavy atom. The van der Waals surface area contributed by atoms with Crippen LogP contribution in [-0.4, -0.2) is 28.1 Å². The van der Waals surface area contributed by atoms with Crippen molar-refractivity contribution < 1.29 is 9.53 Å². The topological polar surface area (TPSA) is 82.2 Å². The molecular weight excluding hydrogens is 423 g/mol. The smallest absolute Gasteiger partial charge is 0.241 e. The summed E-state index contributed by atoms with van der Waals surface area (Å²) in [6, 6.07) is 16.8. The summed E-state index contributed by atoms with van der Waals surface area (Å²) in [5.41, 5.74) is 8.74. The van der Waals surface area contributed by atoms with Gasteiger partial charge in [-0.3, -0.25) is 4.79 Å². The maximum atomic E-state index is 12.4. The summed E-state index contributed by atoms with van der Waals surface area (Å²) in [7, 11) is 0. The van der Waals surface area contributed by atoms with E-state index in [1.165, 1.54) is 5.56 Å². The second-order valence-corrected chi connectivity index (χ2v) is 6.70. The molecule has 0 aliphatic heterocycles. The Kier molecular flexibility index (Phi) is 11.0. The van der Waals surface area contributed by atoms with Crippen LogP contribution in [0.4, 0.5) is 5.69 Å². The lowest BCUT2D eigenvalue weighted by molar-refractivity contribution is -0.117. The summed E-state index contributed by atoms with van der Waals surface area (Å²) in [6.07, 6.45) is 5.00. The number of hydrogen-bond donors (Lipinski definition) is 2. The van der Waals surface area contributed by atoms with E-state index in [0.717, 1.165) is 24.4 Å². The number of ether oxygens (including phenoxy) is 1. The highest BCUT2D eigenvalue weighted by Gasteiger charge is 2.16. The lowest BCUT2D eigenvalue weighted by Gasteiger charge is -2.12. The van der Waals surface area contributed by atoms with Gasteiger partial charge in [-0.2, -0.15) is 0 Å². The number of rotatable bonds is 9. The van der Waals surface area contributed by atoms with Gasteiger partial charge in [0.25, 0.3) is 0 Å². The summed E-state index contributed by atoms with van der Waals surface area (Å²) in [4.78, 5) is 16.8. The van der Waals surface area contributed by atoms with Crippen molar-refractivity contribution in [1.29, 1.82) is 0 Å². The molecule has 0 radical (unpaired) electrons. The highest BCUT2D eigenvalue weighted by molar-refractivity contribution is 5.95. The van der Waals surface area contributed by atoms with Crippen molar-refractivity contribution in [2.75, 3.05) is 11.9 Å². The maximum absolute atomic E-state index is 12.4. The van der Waals surface area contributed by atoms with Crippen molar-refractivity contribution in [3.8, 4) is 5.75 Å². The zero-order chi connectivity index (χ0) is 19.8. The van der Waals surface area contributed by atoms with Crippen molar-refractivity contribution >= 4 is 36.4 Å². The summed E-state index contributed by atoms with van der Waals surface area (Å²) in [5, 5.41) is 2.85. The van der Waals surface area contributed by atoms with Crippen molar-refractivity contribution in [3.05, 3.63) is 78.4 Å². The van der Waals surface area contributed by atoms with Crippen LogP contribution in [0.15, 0.2) is 67.1 Å². The normalized spacial score (nSPS) is 11.0. The van der Waals surface area contributed by atoms with E-state index in [0.29, 0.717) is 18.7 Å². The number of halogens is 2. The number of anilines is 1. The molecule has 0 unspecified atom stereocenters. The predicted molar refractivity (Wildman–Crippen MR) is 125 cm³/mol. The minimum Gasteiger partial charge on any atom is -0.494 e. The SMILES string of the molecule is CCCOc1cccc(NC(=O)[C@@H](N)Cc2cn(Cc3ccccc3)cn2)c1.Cl.Cl. The molecular formula is C22H28Cl2N4O2. The quantitative estimate of drug-likeness (QED) is 0.514. The molecule has 3 N–H and O–H groups in total. The standard InChI is InChI=1S/C22H26N4O2.2ClH/c1-2-11-28-20-10-6-9-18(12-20)25-22(27)21(23)13-19-15-26(16-24-19)14-17-7-4-3-5-8-17;;/h3-10,12,15-16,21H,2,11,13-14,23H2,1H3,(H,25,27);2*1H/t21-;;/m0../s1. The van der Waals surface area contributed by atoms with Crippen molar-refractivity contribution in [3.63, 3.8) is 0 Å². The summed E-state index contributed by atoms with van der Waals surface area (Å²) in [5.74, 6) is 0.484. The molecule has 0 aliphatic rings. The fraction of sp³-hybridized carbons (Fsp3) is 0.273. The first-order valence-electron chi connectivity index (χ1n) is 9.48. The minimum absolute atomic E-state index is 0. The first-order valence-corrected chi connectivity index (χ1v) is 9.48. The summed E-state index contributed by atoms with van der Waals surface area (Å²) >= 11 is 0. The Bertz CT molecular complexity index is 903. The number of aromatic nitrogens is 2. The third-order valence-corrected chi connectivity index (χ3v) is 4.23. The van der Waals surface area contributed by atoms with Gasteiger partial charge in [0.15, 0.2) is 0 Å². The molecule has 0 saturated heterocycles. The van der Waals surface area contributed by atoms with Crippen LogP contribution in [0.25, 0.3) is 0 Å². The number of carbonyl (C=O) groups excluding carboxylic acids is 1. The van der Waals surface area contributed by atoms with E-state index >= 15 is 0 Å². The van der Waals surface area contributed by atoms with Gasteiger partial charge >= 0.3 is 0 Å². The fourth-order valence-electron chi connectivity index (χ4n) is 2.83. The Morgan fingerprint density at radius 3 is 2.67 bits per heavy atom. The van der Waals surface area contributed by atoms with Gasteiger partial charge in [-0.25, -0.2) is 4.98 Å². The second kappa shape index (κ2) is 12.9. The lowest BCUT2D eigenvalue weighted by Crippen LogP contribution is -2.37. The Hall–Kier alpha value is -2.54. The molecule has 0 aliphatic carbocycles. The number of imidazole rings is 1. The Balaban J connectivity index is 0.00000225. The molecule has 0 fully saturated rings. The van der Waals surface area contributed by atoms with Gasteiger partial charge < -0.3 is 20.4 Å². The van der Waals surface area contributed by atoms with Crippen molar-refractivity contribution in [1.82, 2.24) is 9.55 Å². The highest BCUT2D eigenvalue weighted by Crippen LogP contribution is 2.18. The van der Waals surface area contributed by atoms with Gasteiger partial charge in [-0.1, -0.05) is 43.3 Å². The van der Waals surface area contributed by atoms with Gasteiger partial charge in [0.2, 0.25) is 5.91 Å². The number of nitrogens with two attached hydrogens (primary N) is 1. The first-order chi connectivity index (χ1) is 13.6. The molecule has 0 bridgehead atoms. The maximum Gasteiger partial charge on any atom is 0.241 e. The molecule has 162 valence electrons. The van der Waals surface area contributed by atoms with E-state index < -0.39 is 6.04 Å². The van der Waals surface area contributed by atoms with Crippen LogP contribution in [0.5, 0.6) is 5.75 Å². The molecule has 8 heteroatoms. The average Bonchev–Trinajstić information content (AvgIpc) is 3.14. The van der Waals surface area contributed by atoms with Gasteiger partial charge in [0.05, 0.1) is 24.7 Å². The van der Waals surface area contributed by atoms with Gasteiger partial charge in [0.1, 0.15) is 5.75 Å². The van der Waals surface area contributed by atoms with E-state index in [1.54, 1.807) is 12.4 Å². The number of carbonyl (C=O) groups is 1. The first kappa shape index (κ1) is 25.5. The fourth-order valence-corrected chi connectivity index (χ4v) is 2.83. The molecule has 3 aromatic rings. The zero-order valence-corrected chi connectivity index (χ0v) is 18.5. The van der Waals surface area contributed by atoms with Crippen LogP contribution in [-0.2, 0) is 17.8 Å². The summed E-state index contributed by atoms with van der Waals surface area (Å²) in [6.45, 7) is 3.42. The number of benzene rings is 2. The van der Waals surface area contributed by atoms with Crippen LogP contribution in [0.3, 0.4) is 0 Å². The van der Waals surface area contributed by atoms with Crippen LogP contribution in [0.2, 0.25) is 0 Å².